The fourth-order valence-corrected chi connectivity index (χ4v) is 3.46. The summed E-state index contributed by atoms with van der Waals surface area (Å²) >= 11 is 0. The second-order valence-electron chi connectivity index (χ2n) is 7.39. The number of amides is 1. The highest BCUT2D eigenvalue weighted by Gasteiger charge is 2.30. The van der Waals surface area contributed by atoms with E-state index in [1.807, 2.05) is 0 Å². The molecule has 1 saturated heterocycles. The lowest BCUT2D eigenvalue weighted by Crippen LogP contribution is -2.41. The van der Waals surface area contributed by atoms with Crippen LogP contribution in [0, 0.1) is 5.82 Å². The van der Waals surface area contributed by atoms with E-state index in [-0.39, 0.29) is 35.2 Å². The zero-order valence-corrected chi connectivity index (χ0v) is 17.4. The molecule has 2 aromatic carbocycles. The standard InChI is InChI=1S/C23H20F4N4O2/c24-19-7-2-1-6-17(19)20-18(21(32)31-8-10-33-11-9-31)14-29-22(30-20)28-13-15-4-3-5-16(12-15)23(25,26)27/h1-7,12,14H,8-11,13H2,(H,28,29,30). The van der Waals surface area contributed by atoms with E-state index in [1.165, 1.54) is 36.5 Å². The van der Waals surface area contributed by atoms with Crippen LogP contribution in [0.5, 0.6) is 0 Å². The van der Waals surface area contributed by atoms with Gasteiger partial charge in [-0.05, 0) is 29.8 Å². The number of rotatable bonds is 5. The number of morpholine rings is 1. The number of anilines is 1. The van der Waals surface area contributed by atoms with Crippen molar-refractivity contribution >= 4 is 11.9 Å². The van der Waals surface area contributed by atoms with Gasteiger partial charge in [0.25, 0.3) is 5.91 Å². The molecule has 1 amide bonds. The second kappa shape index (κ2) is 9.53. The zero-order chi connectivity index (χ0) is 23.4. The highest BCUT2D eigenvalue weighted by atomic mass is 19.4. The second-order valence-corrected chi connectivity index (χ2v) is 7.39. The van der Waals surface area contributed by atoms with E-state index >= 15 is 0 Å². The van der Waals surface area contributed by atoms with Gasteiger partial charge in [-0.1, -0.05) is 24.3 Å². The summed E-state index contributed by atoms with van der Waals surface area (Å²) in [6, 6.07) is 10.8. The number of nitrogens with zero attached hydrogens (tertiary/aromatic N) is 3. The molecule has 0 radical (unpaired) electrons. The molecule has 0 aliphatic carbocycles. The van der Waals surface area contributed by atoms with Crippen LogP contribution in [-0.2, 0) is 17.5 Å². The molecular formula is C23H20F4N4O2. The van der Waals surface area contributed by atoms with E-state index in [9.17, 15) is 22.4 Å². The minimum atomic E-state index is -4.45. The average molecular weight is 460 g/mol. The van der Waals surface area contributed by atoms with Crippen molar-refractivity contribution in [3.8, 4) is 11.3 Å². The summed E-state index contributed by atoms with van der Waals surface area (Å²) in [7, 11) is 0. The molecule has 1 N–H and O–H groups in total. The molecule has 10 heteroatoms. The SMILES string of the molecule is O=C(c1cnc(NCc2cccc(C(F)(F)F)c2)nc1-c1ccccc1F)N1CCOCC1. The molecule has 0 bridgehead atoms. The van der Waals surface area contributed by atoms with Gasteiger partial charge in [0.15, 0.2) is 0 Å². The van der Waals surface area contributed by atoms with Crippen LogP contribution in [0.4, 0.5) is 23.5 Å². The predicted molar refractivity (Wildman–Crippen MR) is 113 cm³/mol. The van der Waals surface area contributed by atoms with E-state index in [0.29, 0.717) is 31.9 Å². The molecule has 3 aromatic rings. The van der Waals surface area contributed by atoms with Crippen LogP contribution >= 0.6 is 0 Å². The first-order chi connectivity index (χ1) is 15.8. The lowest BCUT2D eigenvalue weighted by atomic mass is 10.1. The summed E-state index contributed by atoms with van der Waals surface area (Å²) in [5.74, 6) is -0.846. The maximum atomic E-state index is 14.6. The van der Waals surface area contributed by atoms with E-state index in [2.05, 4.69) is 15.3 Å². The van der Waals surface area contributed by atoms with Crippen LogP contribution in [-0.4, -0.2) is 47.1 Å². The Labute approximate surface area is 187 Å². The predicted octanol–water partition coefficient (Wildman–Crippen LogP) is 4.39. The number of hydrogen-bond donors (Lipinski definition) is 1. The number of alkyl halides is 3. The van der Waals surface area contributed by atoms with E-state index in [1.54, 1.807) is 11.0 Å². The van der Waals surface area contributed by atoms with Crippen molar-refractivity contribution in [3.63, 3.8) is 0 Å². The smallest absolute Gasteiger partial charge is 0.378 e. The number of halogens is 4. The Kier molecular flexibility index (Phi) is 6.55. The van der Waals surface area contributed by atoms with Gasteiger partial charge < -0.3 is 15.0 Å². The van der Waals surface area contributed by atoms with Crippen LogP contribution < -0.4 is 5.32 Å². The van der Waals surface area contributed by atoms with Crippen LogP contribution in [0.2, 0.25) is 0 Å². The highest BCUT2D eigenvalue weighted by molar-refractivity contribution is 6.00. The Bertz CT molecular complexity index is 1150. The van der Waals surface area contributed by atoms with Crippen molar-refractivity contribution < 1.29 is 27.1 Å². The Hall–Kier alpha value is -3.53. The molecule has 0 atom stereocenters. The third-order valence-electron chi connectivity index (χ3n) is 5.15. The maximum Gasteiger partial charge on any atom is 0.416 e. The van der Waals surface area contributed by atoms with Crippen molar-refractivity contribution in [2.24, 2.45) is 0 Å². The van der Waals surface area contributed by atoms with Gasteiger partial charge in [-0.25, -0.2) is 14.4 Å². The fraction of sp³-hybridized carbons (Fsp3) is 0.261. The third kappa shape index (κ3) is 5.28. The molecule has 33 heavy (non-hydrogen) atoms. The first kappa shape index (κ1) is 22.7. The summed E-state index contributed by atoms with van der Waals surface area (Å²) in [6.45, 7) is 1.60. The van der Waals surface area contributed by atoms with Crippen molar-refractivity contribution in [1.82, 2.24) is 14.9 Å². The largest absolute Gasteiger partial charge is 0.416 e. The summed E-state index contributed by atoms with van der Waals surface area (Å²) in [4.78, 5) is 23.1. The molecule has 172 valence electrons. The first-order valence-corrected chi connectivity index (χ1v) is 10.2. The minimum absolute atomic E-state index is 0.0113. The quantitative estimate of drug-likeness (QED) is 0.573. The van der Waals surface area contributed by atoms with E-state index < -0.39 is 17.6 Å². The fourth-order valence-electron chi connectivity index (χ4n) is 3.46. The van der Waals surface area contributed by atoms with Gasteiger partial charge in [0, 0.05) is 31.4 Å². The molecule has 1 fully saturated rings. The van der Waals surface area contributed by atoms with Crippen LogP contribution in [0.25, 0.3) is 11.3 Å². The molecule has 2 heterocycles. The van der Waals surface area contributed by atoms with Gasteiger partial charge >= 0.3 is 6.18 Å². The highest BCUT2D eigenvalue weighted by Crippen LogP contribution is 2.30. The first-order valence-electron chi connectivity index (χ1n) is 10.2. The number of benzene rings is 2. The average Bonchev–Trinajstić information content (AvgIpc) is 2.83. The minimum Gasteiger partial charge on any atom is -0.378 e. The molecule has 1 aromatic heterocycles. The molecule has 1 aliphatic rings. The van der Waals surface area contributed by atoms with Crippen molar-refractivity contribution in [3.05, 3.63) is 77.2 Å². The molecule has 0 saturated carbocycles. The summed E-state index contributed by atoms with van der Waals surface area (Å²) in [5.41, 5.74) is -0.0352. The van der Waals surface area contributed by atoms with Crippen LogP contribution in [0.1, 0.15) is 21.5 Å². The number of nitrogens with one attached hydrogen (secondary N) is 1. The zero-order valence-electron chi connectivity index (χ0n) is 17.4. The van der Waals surface area contributed by atoms with Crippen LogP contribution in [0.15, 0.2) is 54.7 Å². The normalized spacial score (nSPS) is 14.2. The van der Waals surface area contributed by atoms with Crippen molar-refractivity contribution in [1.29, 1.82) is 0 Å². The Balaban J connectivity index is 1.63. The van der Waals surface area contributed by atoms with Crippen molar-refractivity contribution in [2.45, 2.75) is 12.7 Å². The maximum absolute atomic E-state index is 14.6. The molecule has 0 unspecified atom stereocenters. The van der Waals surface area contributed by atoms with Gasteiger partial charge in [-0.2, -0.15) is 13.2 Å². The van der Waals surface area contributed by atoms with E-state index in [0.717, 1.165) is 12.1 Å². The molecule has 6 nitrogen and oxygen atoms in total. The topological polar surface area (TPSA) is 67.4 Å². The third-order valence-corrected chi connectivity index (χ3v) is 5.15. The van der Waals surface area contributed by atoms with Crippen molar-refractivity contribution in [2.75, 3.05) is 31.6 Å². The van der Waals surface area contributed by atoms with Gasteiger partial charge in [-0.3, -0.25) is 4.79 Å². The summed E-state index contributed by atoms with van der Waals surface area (Å²) < 4.78 is 58.7. The number of carbonyl (C=O) groups excluding carboxylic acids is 1. The number of ether oxygens (including phenoxy) is 1. The van der Waals surface area contributed by atoms with Crippen LogP contribution in [0.3, 0.4) is 0 Å². The lowest BCUT2D eigenvalue weighted by molar-refractivity contribution is -0.137. The van der Waals surface area contributed by atoms with Gasteiger partial charge in [0.1, 0.15) is 5.82 Å². The van der Waals surface area contributed by atoms with Gasteiger partial charge in [0.2, 0.25) is 5.95 Å². The summed E-state index contributed by atoms with van der Waals surface area (Å²) in [6.07, 6.45) is -3.15. The molecule has 0 spiro atoms. The molecule has 1 aliphatic heterocycles. The number of aromatic nitrogens is 2. The Morgan fingerprint density at radius 3 is 2.58 bits per heavy atom. The molecular weight excluding hydrogens is 440 g/mol. The monoisotopic (exact) mass is 460 g/mol. The number of hydrogen-bond acceptors (Lipinski definition) is 5. The summed E-state index contributed by atoms with van der Waals surface area (Å²) in [5, 5.41) is 2.86. The number of carbonyl (C=O) groups is 1. The molecule has 4 rings (SSSR count). The lowest BCUT2D eigenvalue weighted by Gasteiger charge is -2.27. The van der Waals surface area contributed by atoms with Gasteiger partial charge in [0.05, 0.1) is 30.0 Å². The van der Waals surface area contributed by atoms with Gasteiger partial charge in [-0.15, -0.1) is 0 Å². The Morgan fingerprint density at radius 2 is 1.85 bits per heavy atom. The van der Waals surface area contributed by atoms with E-state index in [4.69, 9.17) is 4.74 Å². The Morgan fingerprint density at radius 1 is 1.09 bits per heavy atom.